The van der Waals surface area contributed by atoms with Crippen molar-refractivity contribution >= 4 is 27.5 Å². The largest absolute Gasteiger partial charge is 0.384 e. The fraction of sp³-hybridized carbons (Fsp3) is 0.571. The Hall–Kier alpha value is -0.720. The number of nitrogens with zero attached hydrogens (tertiary/aromatic N) is 1. The molecule has 1 N–H and O–H groups in total. The van der Waals surface area contributed by atoms with Gasteiger partial charge in [-0.1, -0.05) is 12.1 Å². The lowest BCUT2D eigenvalue weighted by molar-refractivity contribution is 0.382. The number of sulfonamides is 1. The summed E-state index contributed by atoms with van der Waals surface area (Å²) in [6, 6.07) is 7.05. The van der Waals surface area contributed by atoms with Crippen LogP contribution in [0.25, 0.3) is 0 Å². The molecule has 6 heteroatoms. The van der Waals surface area contributed by atoms with Crippen LogP contribution in [-0.2, 0) is 10.0 Å². The van der Waals surface area contributed by atoms with Crippen LogP contribution in [0.5, 0.6) is 0 Å². The zero-order chi connectivity index (χ0) is 15.2. The van der Waals surface area contributed by atoms with Crippen molar-refractivity contribution in [2.75, 3.05) is 30.9 Å². The van der Waals surface area contributed by atoms with E-state index < -0.39 is 10.0 Å². The molecule has 0 aliphatic heterocycles. The zero-order valence-corrected chi connectivity index (χ0v) is 14.2. The first-order valence-corrected chi connectivity index (χ1v) is 9.58. The Labute approximate surface area is 127 Å². The first kappa shape index (κ1) is 17.3. The molecule has 0 amide bonds. The zero-order valence-electron chi connectivity index (χ0n) is 12.6. The second-order valence-electron chi connectivity index (χ2n) is 4.68. The summed E-state index contributed by atoms with van der Waals surface area (Å²) in [7, 11) is -1.80. The lowest BCUT2D eigenvalue weighted by Gasteiger charge is -2.25. The van der Waals surface area contributed by atoms with Gasteiger partial charge in [0.25, 0.3) is 0 Å². The molecule has 0 bridgehead atoms. The number of benzene rings is 1. The number of anilines is 1. The highest BCUT2D eigenvalue weighted by molar-refractivity contribution is 7.98. The van der Waals surface area contributed by atoms with Gasteiger partial charge in [-0.15, -0.1) is 0 Å². The molecule has 1 unspecified atom stereocenters. The summed E-state index contributed by atoms with van der Waals surface area (Å²) in [5.74, 6) is 0.954. The van der Waals surface area contributed by atoms with E-state index in [1.54, 1.807) is 37.0 Å². The SMILES string of the molecule is CCNc1ccccc1S(=O)(=O)N(C)C(C)CCSC. The van der Waals surface area contributed by atoms with Crippen LogP contribution in [0.2, 0.25) is 0 Å². The predicted octanol–water partition coefficient (Wildman–Crippen LogP) is 2.88. The van der Waals surface area contributed by atoms with Crippen molar-refractivity contribution in [3.63, 3.8) is 0 Å². The fourth-order valence-corrected chi connectivity index (χ4v) is 4.03. The van der Waals surface area contributed by atoms with Crippen LogP contribution < -0.4 is 5.32 Å². The second-order valence-corrected chi connectivity index (χ2v) is 7.63. The lowest BCUT2D eigenvalue weighted by Crippen LogP contribution is -2.35. The van der Waals surface area contributed by atoms with Crippen LogP contribution in [0, 0.1) is 0 Å². The minimum atomic E-state index is -3.46. The standard InChI is InChI=1S/C14H24N2O2S2/c1-5-15-13-8-6-7-9-14(13)20(17,18)16(3)12(2)10-11-19-4/h6-9,12,15H,5,10-11H2,1-4H3. The molecule has 1 aromatic carbocycles. The van der Waals surface area contributed by atoms with Crippen LogP contribution in [0.4, 0.5) is 5.69 Å². The van der Waals surface area contributed by atoms with Gasteiger partial charge in [-0.05, 0) is 44.4 Å². The van der Waals surface area contributed by atoms with Gasteiger partial charge in [-0.2, -0.15) is 16.1 Å². The Kier molecular flexibility index (Phi) is 6.85. The molecule has 0 saturated heterocycles. The van der Waals surface area contributed by atoms with Gasteiger partial charge >= 0.3 is 0 Å². The molecule has 1 atom stereocenters. The van der Waals surface area contributed by atoms with Gasteiger partial charge in [0.05, 0.1) is 5.69 Å². The van der Waals surface area contributed by atoms with E-state index >= 15 is 0 Å². The average molecular weight is 316 g/mol. The van der Waals surface area contributed by atoms with Gasteiger partial charge in [-0.3, -0.25) is 0 Å². The average Bonchev–Trinajstić information content (AvgIpc) is 2.44. The summed E-state index contributed by atoms with van der Waals surface area (Å²) >= 11 is 1.73. The highest BCUT2D eigenvalue weighted by Crippen LogP contribution is 2.25. The smallest absolute Gasteiger partial charge is 0.245 e. The van der Waals surface area contributed by atoms with Gasteiger partial charge in [0, 0.05) is 19.6 Å². The quantitative estimate of drug-likeness (QED) is 0.801. The lowest BCUT2D eigenvalue weighted by atomic mass is 10.3. The third kappa shape index (κ3) is 4.14. The molecule has 0 heterocycles. The molecule has 0 fully saturated rings. The van der Waals surface area contributed by atoms with Crippen LogP contribution in [-0.4, -0.2) is 44.4 Å². The highest BCUT2D eigenvalue weighted by Gasteiger charge is 2.27. The van der Waals surface area contributed by atoms with Crippen molar-refractivity contribution in [3.8, 4) is 0 Å². The maximum atomic E-state index is 12.7. The molecule has 0 spiro atoms. The topological polar surface area (TPSA) is 49.4 Å². The van der Waals surface area contributed by atoms with E-state index in [0.717, 1.165) is 12.2 Å². The van der Waals surface area contributed by atoms with E-state index in [0.29, 0.717) is 17.1 Å². The first-order chi connectivity index (χ1) is 9.45. The minimum Gasteiger partial charge on any atom is -0.384 e. The molecular formula is C14H24N2O2S2. The molecule has 0 saturated carbocycles. The molecule has 114 valence electrons. The molecule has 1 aromatic rings. The van der Waals surface area contributed by atoms with Crippen LogP contribution >= 0.6 is 11.8 Å². The van der Waals surface area contributed by atoms with Crippen molar-refractivity contribution in [2.24, 2.45) is 0 Å². The van der Waals surface area contributed by atoms with Crippen molar-refractivity contribution in [1.29, 1.82) is 0 Å². The van der Waals surface area contributed by atoms with E-state index in [-0.39, 0.29) is 6.04 Å². The maximum Gasteiger partial charge on any atom is 0.245 e. The van der Waals surface area contributed by atoms with Crippen molar-refractivity contribution < 1.29 is 8.42 Å². The molecule has 0 radical (unpaired) electrons. The van der Waals surface area contributed by atoms with Crippen LogP contribution in [0.1, 0.15) is 20.3 Å². The van der Waals surface area contributed by atoms with E-state index in [1.165, 1.54) is 4.31 Å². The minimum absolute atomic E-state index is 0.0119. The summed E-state index contributed by atoms with van der Waals surface area (Å²) in [6.45, 7) is 4.59. The third-order valence-corrected chi connectivity index (χ3v) is 5.95. The molecule has 0 aromatic heterocycles. The Morgan fingerprint density at radius 2 is 2.00 bits per heavy atom. The van der Waals surface area contributed by atoms with Crippen LogP contribution in [0.15, 0.2) is 29.2 Å². The Morgan fingerprint density at radius 1 is 1.35 bits per heavy atom. The predicted molar refractivity (Wildman–Crippen MR) is 88.0 cm³/mol. The third-order valence-electron chi connectivity index (χ3n) is 3.27. The van der Waals surface area contributed by atoms with Crippen molar-refractivity contribution in [3.05, 3.63) is 24.3 Å². The Morgan fingerprint density at radius 3 is 2.60 bits per heavy atom. The molecule has 0 aliphatic carbocycles. The van der Waals surface area contributed by atoms with E-state index in [1.807, 2.05) is 26.2 Å². The normalized spacial score (nSPS) is 13.4. The first-order valence-electron chi connectivity index (χ1n) is 6.75. The number of nitrogens with one attached hydrogen (secondary N) is 1. The van der Waals surface area contributed by atoms with E-state index in [2.05, 4.69) is 5.32 Å². The number of thioether (sulfide) groups is 1. The number of rotatable bonds is 8. The molecular weight excluding hydrogens is 292 g/mol. The van der Waals surface area contributed by atoms with Gasteiger partial charge in [-0.25, -0.2) is 8.42 Å². The summed E-state index contributed by atoms with van der Waals surface area (Å²) in [4.78, 5) is 0.348. The Bertz CT molecular complexity index is 518. The maximum absolute atomic E-state index is 12.7. The van der Waals surface area contributed by atoms with E-state index in [4.69, 9.17) is 0 Å². The van der Waals surface area contributed by atoms with Gasteiger partial charge in [0.2, 0.25) is 10.0 Å². The molecule has 0 aliphatic rings. The van der Waals surface area contributed by atoms with Gasteiger partial charge < -0.3 is 5.32 Å². The number of para-hydroxylation sites is 1. The molecule has 1 rings (SSSR count). The summed E-state index contributed by atoms with van der Waals surface area (Å²) in [6.07, 6.45) is 2.88. The number of hydrogen-bond donors (Lipinski definition) is 1. The molecule has 4 nitrogen and oxygen atoms in total. The number of hydrogen-bond acceptors (Lipinski definition) is 4. The fourth-order valence-electron chi connectivity index (χ4n) is 1.89. The second kappa shape index (κ2) is 7.90. The summed E-state index contributed by atoms with van der Waals surface area (Å²) in [5, 5.41) is 3.11. The van der Waals surface area contributed by atoms with Crippen LogP contribution in [0.3, 0.4) is 0 Å². The van der Waals surface area contributed by atoms with Crippen molar-refractivity contribution in [2.45, 2.75) is 31.2 Å². The molecule has 20 heavy (non-hydrogen) atoms. The van der Waals surface area contributed by atoms with Gasteiger partial charge in [0.15, 0.2) is 0 Å². The van der Waals surface area contributed by atoms with E-state index in [9.17, 15) is 8.42 Å². The highest BCUT2D eigenvalue weighted by atomic mass is 32.2. The monoisotopic (exact) mass is 316 g/mol. The van der Waals surface area contributed by atoms with Gasteiger partial charge in [0.1, 0.15) is 4.90 Å². The summed E-state index contributed by atoms with van der Waals surface area (Å²) < 4.78 is 26.9. The van der Waals surface area contributed by atoms with Crippen molar-refractivity contribution in [1.82, 2.24) is 4.31 Å². The Balaban J connectivity index is 3.03. The summed E-state index contributed by atoms with van der Waals surface area (Å²) in [5.41, 5.74) is 0.666.